The molecule has 158 valence electrons. The Labute approximate surface area is 182 Å². The number of carbonyl (C=O) groups excluding carboxylic acids is 2. The maximum atomic E-state index is 13.2. The Morgan fingerprint density at radius 1 is 0.839 bits per heavy atom. The fourth-order valence-corrected chi connectivity index (χ4v) is 3.75. The molecule has 2 amide bonds. The lowest BCUT2D eigenvalue weighted by Crippen LogP contribution is -2.35. The van der Waals surface area contributed by atoms with Crippen molar-refractivity contribution in [2.45, 2.75) is 25.5 Å². The summed E-state index contributed by atoms with van der Waals surface area (Å²) >= 11 is 0. The molecule has 0 aromatic heterocycles. The van der Waals surface area contributed by atoms with E-state index in [9.17, 15) is 9.59 Å². The van der Waals surface area contributed by atoms with Crippen LogP contribution in [0.4, 0.5) is 0 Å². The smallest absolute Gasteiger partial charge is 0.268 e. The molecule has 0 bridgehead atoms. The van der Waals surface area contributed by atoms with Crippen molar-refractivity contribution < 1.29 is 14.3 Å². The number of benzene rings is 3. The normalized spacial score (nSPS) is 14.1. The van der Waals surface area contributed by atoms with Crippen LogP contribution in [0.25, 0.3) is 0 Å². The van der Waals surface area contributed by atoms with Crippen LogP contribution in [-0.4, -0.2) is 29.8 Å². The summed E-state index contributed by atoms with van der Waals surface area (Å²) < 4.78 is 6.23. The molecule has 0 unspecified atom stereocenters. The third-order valence-electron chi connectivity index (χ3n) is 5.42. The molecule has 0 saturated carbocycles. The van der Waals surface area contributed by atoms with Crippen LogP contribution < -0.4 is 10.1 Å². The fourth-order valence-electron chi connectivity index (χ4n) is 3.75. The summed E-state index contributed by atoms with van der Waals surface area (Å²) in [4.78, 5) is 28.0. The van der Waals surface area contributed by atoms with Crippen molar-refractivity contribution in [3.63, 3.8) is 0 Å². The van der Waals surface area contributed by atoms with E-state index in [0.29, 0.717) is 17.9 Å². The Morgan fingerprint density at radius 3 is 2.16 bits per heavy atom. The van der Waals surface area contributed by atoms with Crippen LogP contribution >= 0.6 is 0 Å². The maximum absolute atomic E-state index is 13.2. The Hall–Kier alpha value is -3.60. The van der Waals surface area contributed by atoms with E-state index in [2.05, 4.69) is 5.32 Å². The van der Waals surface area contributed by atoms with Gasteiger partial charge in [-0.2, -0.15) is 0 Å². The lowest BCUT2D eigenvalue weighted by atomic mass is 10.1. The van der Waals surface area contributed by atoms with Crippen molar-refractivity contribution in [3.05, 3.63) is 102 Å². The standard InChI is InChI=1S/C26H26N2O3/c29-25(27-19-20-11-3-1-4-12-20)22-15-7-8-16-23(22)31-24(21-13-5-2-6-14-21)26(30)28-17-9-10-18-28/h1-8,11-16,24H,9-10,17-19H2,(H,27,29)/t24-/m1/s1. The van der Waals surface area contributed by atoms with Gasteiger partial charge < -0.3 is 15.0 Å². The van der Waals surface area contributed by atoms with Gasteiger partial charge in [0, 0.05) is 25.2 Å². The molecular formula is C26H26N2O3. The first kappa shape index (κ1) is 20.7. The number of para-hydroxylation sites is 1. The fraction of sp³-hybridized carbons (Fsp3) is 0.231. The van der Waals surface area contributed by atoms with Crippen molar-refractivity contribution in [3.8, 4) is 5.75 Å². The highest BCUT2D eigenvalue weighted by atomic mass is 16.5. The van der Waals surface area contributed by atoms with E-state index in [1.54, 1.807) is 18.2 Å². The minimum atomic E-state index is -0.789. The first-order chi connectivity index (χ1) is 15.2. The lowest BCUT2D eigenvalue weighted by molar-refractivity contribution is -0.138. The Kier molecular flexibility index (Phi) is 6.62. The molecule has 0 radical (unpaired) electrons. The topological polar surface area (TPSA) is 58.6 Å². The quantitative estimate of drug-likeness (QED) is 0.625. The molecule has 31 heavy (non-hydrogen) atoms. The number of carbonyl (C=O) groups is 2. The summed E-state index contributed by atoms with van der Waals surface area (Å²) in [5, 5.41) is 2.94. The summed E-state index contributed by atoms with van der Waals surface area (Å²) in [6.07, 6.45) is 1.22. The molecule has 1 atom stereocenters. The van der Waals surface area contributed by atoms with E-state index >= 15 is 0 Å². The van der Waals surface area contributed by atoms with Crippen LogP contribution in [0.5, 0.6) is 5.75 Å². The van der Waals surface area contributed by atoms with E-state index in [1.807, 2.05) is 71.6 Å². The van der Waals surface area contributed by atoms with Crippen molar-refractivity contribution in [2.75, 3.05) is 13.1 Å². The molecule has 1 saturated heterocycles. The molecule has 5 heteroatoms. The first-order valence-electron chi connectivity index (χ1n) is 10.6. The predicted octanol–water partition coefficient (Wildman–Crippen LogP) is 4.36. The van der Waals surface area contributed by atoms with Gasteiger partial charge in [0.1, 0.15) is 5.75 Å². The predicted molar refractivity (Wildman–Crippen MR) is 120 cm³/mol. The van der Waals surface area contributed by atoms with Gasteiger partial charge in [0.05, 0.1) is 5.56 Å². The second-order valence-electron chi connectivity index (χ2n) is 7.61. The number of nitrogens with zero attached hydrogens (tertiary/aromatic N) is 1. The second kappa shape index (κ2) is 9.94. The van der Waals surface area contributed by atoms with Gasteiger partial charge in [0.2, 0.25) is 6.10 Å². The first-order valence-corrected chi connectivity index (χ1v) is 10.6. The molecule has 3 aromatic rings. The van der Waals surface area contributed by atoms with Gasteiger partial charge in [-0.3, -0.25) is 9.59 Å². The van der Waals surface area contributed by atoms with Crippen LogP contribution in [0.3, 0.4) is 0 Å². The minimum absolute atomic E-state index is 0.0665. The van der Waals surface area contributed by atoms with Gasteiger partial charge in [-0.1, -0.05) is 72.8 Å². The minimum Gasteiger partial charge on any atom is -0.475 e. The van der Waals surface area contributed by atoms with Crippen LogP contribution in [0, 0.1) is 0 Å². The van der Waals surface area contributed by atoms with Gasteiger partial charge >= 0.3 is 0 Å². The van der Waals surface area contributed by atoms with Gasteiger partial charge in [-0.05, 0) is 30.5 Å². The molecule has 0 aliphatic carbocycles. The number of nitrogens with one attached hydrogen (secondary N) is 1. The Balaban J connectivity index is 1.56. The molecule has 1 N–H and O–H groups in total. The second-order valence-corrected chi connectivity index (χ2v) is 7.61. The highest BCUT2D eigenvalue weighted by Gasteiger charge is 2.30. The summed E-state index contributed by atoms with van der Waals surface area (Å²) in [5.74, 6) is 0.0949. The summed E-state index contributed by atoms with van der Waals surface area (Å²) in [7, 11) is 0. The van der Waals surface area contributed by atoms with Crippen LogP contribution in [0.2, 0.25) is 0 Å². The molecular weight excluding hydrogens is 388 g/mol. The molecule has 5 nitrogen and oxygen atoms in total. The van der Waals surface area contributed by atoms with E-state index < -0.39 is 6.10 Å². The average Bonchev–Trinajstić information content (AvgIpc) is 3.37. The third kappa shape index (κ3) is 5.12. The molecule has 1 fully saturated rings. The lowest BCUT2D eigenvalue weighted by Gasteiger charge is -2.25. The number of hydrogen-bond acceptors (Lipinski definition) is 3. The number of hydrogen-bond donors (Lipinski definition) is 1. The highest BCUT2D eigenvalue weighted by molar-refractivity contribution is 5.97. The molecule has 0 spiro atoms. The van der Waals surface area contributed by atoms with Crippen LogP contribution in [0.15, 0.2) is 84.9 Å². The summed E-state index contributed by atoms with van der Waals surface area (Å²) in [6, 6.07) is 26.3. The van der Waals surface area contributed by atoms with Crippen LogP contribution in [0.1, 0.15) is 40.4 Å². The van der Waals surface area contributed by atoms with Gasteiger partial charge in [0.25, 0.3) is 11.8 Å². The highest BCUT2D eigenvalue weighted by Crippen LogP contribution is 2.28. The van der Waals surface area contributed by atoms with Gasteiger partial charge in [0.15, 0.2) is 0 Å². The molecule has 3 aromatic carbocycles. The van der Waals surface area contributed by atoms with Crippen molar-refractivity contribution in [1.82, 2.24) is 10.2 Å². The summed E-state index contributed by atoms with van der Waals surface area (Å²) in [5.41, 5.74) is 2.20. The van der Waals surface area contributed by atoms with Crippen molar-refractivity contribution in [2.24, 2.45) is 0 Å². The number of amides is 2. The van der Waals surface area contributed by atoms with E-state index in [1.165, 1.54) is 0 Å². The van der Waals surface area contributed by atoms with Gasteiger partial charge in [-0.15, -0.1) is 0 Å². The largest absolute Gasteiger partial charge is 0.475 e. The Bertz CT molecular complexity index is 1020. The summed E-state index contributed by atoms with van der Waals surface area (Å²) in [6.45, 7) is 1.90. The number of ether oxygens (including phenoxy) is 1. The van der Waals surface area contributed by atoms with Gasteiger partial charge in [-0.25, -0.2) is 0 Å². The van der Waals surface area contributed by atoms with E-state index in [-0.39, 0.29) is 11.8 Å². The van der Waals surface area contributed by atoms with E-state index in [4.69, 9.17) is 4.74 Å². The molecule has 1 heterocycles. The number of likely N-dealkylation sites (tertiary alicyclic amines) is 1. The van der Waals surface area contributed by atoms with Crippen LogP contribution in [-0.2, 0) is 11.3 Å². The number of rotatable bonds is 7. The Morgan fingerprint density at radius 2 is 1.45 bits per heavy atom. The van der Waals surface area contributed by atoms with E-state index in [0.717, 1.165) is 37.1 Å². The zero-order valence-corrected chi connectivity index (χ0v) is 17.4. The molecule has 1 aliphatic rings. The maximum Gasteiger partial charge on any atom is 0.268 e. The molecule has 1 aliphatic heterocycles. The monoisotopic (exact) mass is 414 g/mol. The molecule has 4 rings (SSSR count). The van der Waals surface area contributed by atoms with Crippen molar-refractivity contribution >= 4 is 11.8 Å². The average molecular weight is 415 g/mol. The zero-order chi connectivity index (χ0) is 21.5. The third-order valence-corrected chi connectivity index (χ3v) is 5.42. The van der Waals surface area contributed by atoms with Crippen molar-refractivity contribution in [1.29, 1.82) is 0 Å². The zero-order valence-electron chi connectivity index (χ0n) is 17.4. The SMILES string of the molecule is O=C(NCc1ccccc1)c1ccccc1O[C@@H](C(=O)N1CCCC1)c1ccccc1.